The van der Waals surface area contributed by atoms with Crippen molar-refractivity contribution in [3.05, 3.63) is 109 Å². The van der Waals surface area contributed by atoms with Gasteiger partial charge in [-0.15, -0.1) is 0 Å². The summed E-state index contributed by atoms with van der Waals surface area (Å²) in [6.45, 7) is 0. The molecule has 0 heterocycles. The van der Waals surface area contributed by atoms with Crippen molar-refractivity contribution < 1.29 is 19.2 Å². The van der Waals surface area contributed by atoms with Gasteiger partial charge in [0.25, 0.3) is 0 Å². The quantitative estimate of drug-likeness (QED) is 0.333. The average molecular weight is 429 g/mol. The molecule has 1 nitrogen and oxygen atoms in total. The molecule has 0 saturated carbocycles. The summed E-state index contributed by atoms with van der Waals surface area (Å²) in [5.74, 6) is 0. The van der Waals surface area contributed by atoms with Crippen molar-refractivity contribution in [3.63, 3.8) is 0 Å². The molecule has 4 aromatic carbocycles. The van der Waals surface area contributed by atoms with Crippen molar-refractivity contribution >= 4 is 9.72 Å². The second-order valence-corrected chi connectivity index (χ2v) is 6.60. The van der Waals surface area contributed by atoms with Crippen LogP contribution in [0, 0.1) is 0 Å². The summed E-state index contributed by atoms with van der Waals surface area (Å²) in [6, 6.07) is 36.8. The molecule has 131 valence electrons. The molecule has 26 heavy (non-hydrogen) atoms. The number of rotatable bonds is 2. The maximum Gasteiger partial charge on any atom is -0.0184 e. The molecule has 0 unspecified atom stereocenters. The van der Waals surface area contributed by atoms with Crippen molar-refractivity contribution in [2.45, 2.75) is 0 Å². The van der Waals surface area contributed by atoms with Gasteiger partial charge in [0.15, 0.2) is 0 Å². The van der Waals surface area contributed by atoms with Crippen LogP contribution in [0.4, 0.5) is 5.69 Å². The monoisotopic (exact) mass is 428 g/mol. The molecule has 4 rings (SSSR count). The molecule has 0 atom stereocenters. The number of benzene rings is 4. The van der Waals surface area contributed by atoms with Gasteiger partial charge in [0.05, 0.1) is 0 Å². The van der Waals surface area contributed by atoms with E-state index in [2.05, 4.69) is 73.8 Å². The fourth-order valence-electron chi connectivity index (χ4n) is 2.66. The van der Waals surface area contributed by atoms with E-state index in [0.717, 1.165) is 20.9 Å². The maximum absolute atomic E-state index is 5.90. The van der Waals surface area contributed by atoms with E-state index in [-0.39, 0.29) is 0 Å². The van der Waals surface area contributed by atoms with Crippen molar-refractivity contribution in [2.24, 2.45) is 0 Å². The number of nitrogen functional groups attached to an aromatic ring is 1. The molecule has 0 amide bonds. The third-order valence-corrected chi connectivity index (χ3v) is 4.66. The molecule has 2 N–H and O–H groups in total. The standard InChI is InChI=1S/C12H10N.C12H10.Pd/c13-12-9-5-4-8-11(12)10-6-2-1-3-7-10;1-3-7-11(8-4-1)12-9-5-2-6-10-12;/h1-6,8-9H,13H2;1-10H;. The SMILES string of the molecule is Nc1ccccc1-c1cccc[c]1[Pd].c1ccc(-c2ccccc2)cc1. The molecule has 2 heteroatoms. The van der Waals surface area contributed by atoms with E-state index in [9.17, 15) is 0 Å². The summed E-state index contributed by atoms with van der Waals surface area (Å²) in [6.07, 6.45) is 0. The molecule has 0 aromatic heterocycles. The summed E-state index contributed by atoms with van der Waals surface area (Å²) in [4.78, 5) is 0. The van der Waals surface area contributed by atoms with Gasteiger partial charge in [-0.1, -0.05) is 60.7 Å². The fraction of sp³-hybridized carbons (Fsp3) is 0. The normalized spacial score (nSPS) is 9.92. The van der Waals surface area contributed by atoms with E-state index >= 15 is 0 Å². The summed E-state index contributed by atoms with van der Waals surface area (Å²) in [7, 11) is 0. The van der Waals surface area contributed by atoms with Crippen LogP contribution in [0.5, 0.6) is 0 Å². The minimum atomic E-state index is 0.811. The van der Waals surface area contributed by atoms with Gasteiger partial charge in [-0.25, -0.2) is 0 Å². The van der Waals surface area contributed by atoms with Crippen LogP contribution in [0.25, 0.3) is 22.3 Å². The zero-order valence-electron chi connectivity index (χ0n) is 14.3. The van der Waals surface area contributed by atoms with E-state index in [0.29, 0.717) is 0 Å². The first-order valence-corrected chi connectivity index (χ1v) is 9.20. The van der Waals surface area contributed by atoms with Crippen LogP contribution in [-0.2, 0) is 19.2 Å². The summed E-state index contributed by atoms with van der Waals surface area (Å²) < 4.78 is 1.11. The van der Waals surface area contributed by atoms with Crippen molar-refractivity contribution in [1.29, 1.82) is 0 Å². The topological polar surface area (TPSA) is 26.0 Å². The van der Waals surface area contributed by atoms with Crippen LogP contribution in [0.1, 0.15) is 0 Å². The Morgan fingerprint density at radius 2 is 0.885 bits per heavy atom. The number of anilines is 1. The second-order valence-electron chi connectivity index (χ2n) is 5.77. The molecule has 0 bridgehead atoms. The van der Waals surface area contributed by atoms with Crippen LogP contribution in [0.15, 0.2) is 109 Å². The van der Waals surface area contributed by atoms with Crippen molar-refractivity contribution in [2.75, 3.05) is 5.73 Å². The first-order chi connectivity index (χ1) is 12.8. The molecule has 0 saturated heterocycles. The summed E-state index contributed by atoms with van der Waals surface area (Å²) in [5.41, 5.74) is 11.5. The Morgan fingerprint density at radius 3 is 1.38 bits per heavy atom. The molecule has 0 aliphatic carbocycles. The molecule has 0 spiro atoms. The Bertz CT molecular complexity index is 869. The Labute approximate surface area is 165 Å². The predicted octanol–water partition coefficient (Wildman–Crippen LogP) is 5.46. The summed E-state index contributed by atoms with van der Waals surface area (Å²) in [5, 5.41) is 0. The number of hydrogen-bond acceptors (Lipinski definition) is 1. The minimum absolute atomic E-state index is 0.811. The van der Waals surface area contributed by atoms with Crippen molar-refractivity contribution in [1.82, 2.24) is 0 Å². The fourth-order valence-corrected chi connectivity index (χ4v) is 3.15. The van der Waals surface area contributed by atoms with Crippen LogP contribution >= 0.6 is 0 Å². The van der Waals surface area contributed by atoms with E-state index in [1.54, 1.807) is 0 Å². The van der Waals surface area contributed by atoms with Gasteiger partial charge < -0.3 is 0 Å². The van der Waals surface area contributed by atoms with Crippen molar-refractivity contribution in [3.8, 4) is 22.3 Å². The Hall–Kier alpha value is -2.66. The molecule has 0 aliphatic heterocycles. The second kappa shape index (κ2) is 9.15. The number of para-hydroxylation sites is 1. The van der Waals surface area contributed by atoms with Gasteiger partial charge in [-0.05, 0) is 11.1 Å². The third kappa shape index (κ3) is 4.70. The smallest absolute Gasteiger partial charge is 0.0184 e. The van der Waals surface area contributed by atoms with Gasteiger partial charge in [-0.2, -0.15) is 0 Å². The van der Waals surface area contributed by atoms with Crippen LogP contribution < -0.4 is 9.77 Å². The summed E-state index contributed by atoms with van der Waals surface area (Å²) >= 11 is 3.23. The molecular formula is C24H20NPd. The molecule has 4 aromatic rings. The number of nitrogens with two attached hydrogens (primary N) is 1. The van der Waals surface area contributed by atoms with Crippen LogP contribution in [0.3, 0.4) is 0 Å². The largest absolute Gasteiger partial charge is 0.0622 e. The predicted molar refractivity (Wildman–Crippen MR) is 108 cm³/mol. The van der Waals surface area contributed by atoms with Gasteiger partial charge in [0.1, 0.15) is 0 Å². The van der Waals surface area contributed by atoms with Gasteiger partial charge in [0.2, 0.25) is 0 Å². The Morgan fingerprint density at radius 1 is 0.462 bits per heavy atom. The van der Waals surface area contributed by atoms with Crippen LogP contribution in [0.2, 0.25) is 0 Å². The first-order valence-electron chi connectivity index (χ1n) is 8.42. The average Bonchev–Trinajstić information content (AvgIpc) is 2.71. The van der Waals surface area contributed by atoms with E-state index in [1.807, 2.05) is 54.6 Å². The van der Waals surface area contributed by atoms with Gasteiger partial charge >= 0.3 is 94.3 Å². The molecule has 0 aliphatic rings. The van der Waals surface area contributed by atoms with E-state index in [1.165, 1.54) is 11.1 Å². The van der Waals surface area contributed by atoms with E-state index in [4.69, 9.17) is 5.73 Å². The zero-order chi connectivity index (χ0) is 18.2. The number of hydrogen-bond donors (Lipinski definition) is 1. The van der Waals surface area contributed by atoms with Crippen LogP contribution in [-0.4, -0.2) is 0 Å². The molecule has 0 radical (unpaired) electrons. The van der Waals surface area contributed by atoms with E-state index < -0.39 is 0 Å². The third-order valence-electron chi connectivity index (χ3n) is 3.98. The van der Waals surface area contributed by atoms with Gasteiger partial charge in [0, 0.05) is 0 Å². The Kier molecular flexibility index (Phi) is 6.39. The Balaban J connectivity index is 0.000000152. The molecule has 0 fully saturated rings. The maximum atomic E-state index is 5.90. The minimum Gasteiger partial charge on any atom is -0.0622 e. The van der Waals surface area contributed by atoms with Gasteiger partial charge in [-0.3, -0.25) is 0 Å². The first kappa shape index (κ1) is 18.1. The zero-order valence-corrected chi connectivity index (χ0v) is 15.8. The molecular weight excluding hydrogens is 409 g/mol.